The highest BCUT2D eigenvalue weighted by Gasteiger charge is 2.46. The van der Waals surface area contributed by atoms with Crippen LogP contribution in [0.15, 0.2) is 109 Å². The molecule has 2 amide bonds. The maximum atomic E-state index is 14.7. The van der Waals surface area contributed by atoms with Gasteiger partial charge in [0.05, 0.1) is 22.7 Å². The zero-order valence-corrected chi connectivity index (χ0v) is 33.6. The molecule has 5 heteroatoms. The molecule has 0 aromatic heterocycles. The summed E-state index contributed by atoms with van der Waals surface area (Å²) in [5, 5.41) is 0. The predicted octanol–water partition coefficient (Wildman–Crippen LogP) is 12.6. The van der Waals surface area contributed by atoms with E-state index >= 15 is 0 Å². The van der Waals surface area contributed by atoms with E-state index in [9.17, 15) is 9.59 Å². The summed E-state index contributed by atoms with van der Waals surface area (Å²) in [7, 11) is 0. The summed E-state index contributed by atoms with van der Waals surface area (Å²) in [4.78, 5) is 35.4. The molecular weight excluding hydrogens is 663 g/mol. The summed E-state index contributed by atoms with van der Waals surface area (Å²) in [6, 6.07) is 38.5. The van der Waals surface area contributed by atoms with Crippen molar-refractivity contribution in [3.8, 4) is 0 Å². The fraction of sp³-hybridized carbons (Fsp3) is 0.327. The highest BCUT2D eigenvalue weighted by atomic mass is 16.2. The molecule has 0 unspecified atom stereocenters. The number of rotatable bonds is 8. The number of anilines is 5. The first kappa shape index (κ1) is 37.2. The second-order valence-corrected chi connectivity index (χ2v) is 16.7. The molecule has 0 N–H and O–H groups in total. The lowest BCUT2D eigenvalue weighted by Crippen LogP contribution is -2.55. The smallest absolute Gasteiger partial charge is 0.238 e. The van der Waals surface area contributed by atoms with E-state index in [4.69, 9.17) is 0 Å². The summed E-state index contributed by atoms with van der Waals surface area (Å²) in [5.41, 5.74) is 12.6. The van der Waals surface area contributed by atoms with Crippen LogP contribution in [0.4, 0.5) is 28.4 Å². The monoisotopic (exact) mass is 716 g/mol. The van der Waals surface area contributed by atoms with Crippen LogP contribution in [-0.2, 0) is 15.0 Å². The van der Waals surface area contributed by atoms with Gasteiger partial charge in [0.1, 0.15) is 6.42 Å². The topological polar surface area (TPSA) is 43.9 Å². The van der Waals surface area contributed by atoms with E-state index in [1.807, 2.05) is 9.80 Å². The van der Waals surface area contributed by atoms with Crippen molar-refractivity contribution in [1.82, 2.24) is 0 Å². The SMILES string of the molecule is CC(C)c1cccc(C(C)C)c1N1[C](c2ccc(N3c4ccccc4C(C)(C)c4ccccc43)cc2)N(c2c(C(C)C)cccc2C(C)C)C(=O)CC1=O. The van der Waals surface area contributed by atoms with Gasteiger partial charge in [-0.3, -0.25) is 19.4 Å². The molecule has 5 aromatic carbocycles. The van der Waals surface area contributed by atoms with Gasteiger partial charge in [-0.25, -0.2) is 0 Å². The van der Waals surface area contributed by atoms with Gasteiger partial charge in [0.2, 0.25) is 18.0 Å². The zero-order valence-electron chi connectivity index (χ0n) is 33.6. The summed E-state index contributed by atoms with van der Waals surface area (Å²) in [6.07, 6.45) is 0.375. The third-order valence-corrected chi connectivity index (χ3v) is 11.4. The van der Waals surface area contributed by atoms with Crippen molar-refractivity contribution in [2.45, 2.75) is 105 Å². The quantitative estimate of drug-likeness (QED) is 0.150. The number of nitrogens with zero attached hydrogens (tertiary/aromatic N) is 3. The molecule has 5 nitrogen and oxygen atoms in total. The van der Waals surface area contributed by atoms with E-state index in [1.54, 1.807) is 0 Å². The van der Waals surface area contributed by atoms with Crippen LogP contribution < -0.4 is 14.7 Å². The van der Waals surface area contributed by atoms with Gasteiger partial charge >= 0.3 is 0 Å². The molecule has 1 fully saturated rings. The van der Waals surface area contributed by atoms with Crippen molar-refractivity contribution in [2.75, 3.05) is 14.7 Å². The molecule has 2 aliphatic rings. The van der Waals surface area contributed by atoms with Crippen LogP contribution in [0.2, 0.25) is 0 Å². The van der Waals surface area contributed by atoms with Gasteiger partial charge < -0.3 is 4.90 Å². The average Bonchev–Trinajstić information content (AvgIpc) is 3.14. The van der Waals surface area contributed by atoms with Crippen molar-refractivity contribution < 1.29 is 9.59 Å². The van der Waals surface area contributed by atoms with Gasteiger partial charge in [-0.15, -0.1) is 0 Å². The molecule has 2 heterocycles. The largest absolute Gasteiger partial charge is 0.310 e. The van der Waals surface area contributed by atoms with E-state index < -0.39 is 0 Å². The predicted molar refractivity (Wildman–Crippen MR) is 224 cm³/mol. The zero-order chi connectivity index (χ0) is 38.6. The van der Waals surface area contributed by atoms with E-state index in [2.05, 4.69) is 183 Å². The van der Waals surface area contributed by atoms with Crippen LogP contribution in [0, 0.1) is 6.17 Å². The number of hydrogen-bond donors (Lipinski definition) is 0. The molecule has 1 saturated heterocycles. The number of fused-ring (bicyclic) bond motifs is 2. The summed E-state index contributed by atoms with van der Waals surface area (Å²) in [5.74, 6) is 0.189. The van der Waals surface area contributed by atoms with Gasteiger partial charge in [-0.05, 0) is 81.3 Å². The average molecular weight is 717 g/mol. The second kappa shape index (κ2) is 14.2. The van der Waals surface area contributed by atoms with Crippen molar-refractivity contribution in [3.05, 3.63) is 154 Å². The fourth-order valence-electron chi connectivity index (χ4n) is 8.59. The molecule has 277 valence electrons. The Morgan fingerprint density at radius 1 is 0.463 bits per heavy atom. The Morgan fingerprint density at radius 2 is 0.833 bits per heavy atom. The third-order valence-electron chi connectivity index (χ3n) is 11.4. The highest BCUT2D eigenvalue weighted by molar-refractivity contribution is 6.18. The van der Waals surface area contributed by atoms with E-state index in [-0.39, 0.29) is 47.3 Å². The Morgan fingerprint density at radius 3 is 1.20 bits per heavy atom. The molecular formula is C49H54N3O2. The number of carbonyl (C=O) groups is 2. The van der Waals surface area contributed by atoms with Crippen molar-refractivity contribution in [1.29, 1.82) is 0 Å². The molecule has 5 aromatic rings. The Labute approximate surface area is 322 Å². The Kier molecular flexibility index (Phi) is 9.80. The number of carbonyl (C=O) groups excluding carboxylic acids is 2. The Hall–Kier alpha value is -5.16. The van der Waals surface area contributed by atoms with Crippen LogP contribution in [0.5, 0.6) is 0 Å². The van der Waals surface area contributed by atoms with E-state index in [1.165, 1.54) is 11.1 Å². The first-order chi connectivity index (χ1) is 25.7. The van der Waals surface area contributed by atoms with Gasteiger partial charge in [0.25, 0.3) is 0 Å². The van der Waals surface area contributed by atoms with Gasteiger partial charge in [-0.1, -0.05) is 154 Å². The molecule has 0 saturated carbocycles. The maximum Gasteiger partial charge on any atom is 0.238 e. The minimum absolute atomic E-state index is 0.152. The van der Waals surface area contributed by atoms with Gasteiger partial charge in [-0.2, -0.15) is 0 Å². The summed E-state index contributed by atoms with van der Waals surface area (Å²) < 4.78 is 0. The lowest BCUT2D eigenvalue weighted by Gasteiger charge is -2.46. The van der Waals surface area contributed by atoms with Crippen LogP contribution in [0.1, 0.15) is 138 Å². The van der Waals surface area contributed by atoms with Crippen LogP contribution in [0.25, 0.3) is 0 Å². The maximum absolute atomic E-state index is 14.7. The molecule has 0 bridgehead atoms. The molecule has 2 aliphatic heterocycles. The van der Waals surface area contributed by atoms with E-state index in [0.717, 1.165) is 56.3 Å². The number of hydrogen-bond acceptors (Lipinski definition) is 3. The van der Waals surface area contributed by atoms with Crippen LogP contribution in [0.3, 0.4) is 0 Å². The Bertz CT molecular complexity index is 2030. The van der Waals surface area contributed by atoms with Crippen LogP contribution >= 0.6 is 0 Å². The summed E-state index contributed by atoms with van der Waals surface area (Å²) >= 11 is 0. The van der Waals surface area contributed by atoms with Gasteiger partial charge in [0.15, 0.2) is 0 Å². The van der Waals surface area contributed by atoms with Crippen LogP contribution in [-0.4, -0.2) is 11.8 Å². The first-order valence-electron chi connectivity index (χ1n) is 19.6. The first-order valence-corrected chi connectivity index (χ1v) is 19.6. The third kappa shape index (κ3) is 6.12. The molecule has 54 heavy (non-hydrogen) atoms. The molecule has 0 spiro atoms. The molecule has 0 aliphatic carbocycles. The lowest BCUT2D eigenvalue weighted by atomic mass is 9.73. The standard InChI is InChI=1S/C49H54N3O2/c1-30(2)36-17-15-18-37(31(3)4)46(36)51-44(53)29-45(54)52(47-38(32(5)6)19-16-20-39(47)33(7)8)48(51)34-25-27-35(28-26-34)50-42-23-13-11-21-40(42)49(9,10)41-22-12-14-24-43(41)50/h11-28,30-33H,29H2,1-10H3. The number of benzene rings is 5. The van der Waals surface area contributed by atoms with E-state index in [0.29, 0.717) is 6.17 Å². The van der Waals surface area contributed by atoms with Crippen molar-refractivity contribution in [3.63, 3.8) is 0 Å². The fourth-order valence-corrected chi connectivity index (χ4v) is 8.59. The molecule has 7 rings (SSSR count). The minimum atomic E-state index is -0.216. The number of para-hydroxylation sites is 4. The summed E-state index contributed by atoms with van der Waals surface area (Å²) in [6.45, 7) is 22.0. The molecule has 1 radical (unpaired) electrons. The van der Waals surface area contributed by atoms with Crippen molar-refractivity contribution >= 4 is 40.3 Å². The normalized spacial score (nSPS) is 15.9. The lowest BCUT2D eigenvalue weighted by molar-refractivity contribution is -0.128. The number of amides is 2. The van der Waals surface area contributed by atoms with Gasteiger partial charge in [0, 0.05) is 16.7 Å². The second-order valence-electron chi connectivity index (χ2n) is 16.7. The highest BCUT2D eigenvalue weighted by Crippen LogP contribution is 2.52. The minimum Gasteiger partial charge on any atom is -0.310 e. The van der Waals surface area contributed by atoms with Crippen molar-refractivity contribution in [2.24, 2.45) is 0 Å². The molecule has 0 atom stereocenters. The Balaban J connectivity index is 1.48.